The van der Waals surface area contributed by atoms with Crippen LogP contribution >= 0.6 is 0 Å². The number of rotatable bonds is 1. The van der Waals surface area contributed by atoms with Crippen molar-refractivity contribution < 1.29 is 9.53 Å². The Hall–Kier alpha value is -0.790. The van der Waals surface area contributed by atoms with E-state index in [1.165, 1.54) is 12.7 Å². The molecule has 3 fully saturated rings. The molecule has 0 aromatic carbocycles. The van der Waals surface area contributed by atoms with Gasteiger partial charge in [-0.05, 0) is 38.0 Å². The molecule has 0 heterocycles. The van der Waals surface area contributed by atoms with Gasteiger partial charge in [-0.25, -0.2) is 0 Å². The summed E-state index contributed by atoms with van der Waals surface area (Å²) in [6, 6.07) is 0. The fourth-order valence-corrected chi connectivity index (χ4v) is 2.83. The number of hydrogen-bond donors (Lipinski definition) is 0. The molecule has 0 unspecified atom stereocenters. The fourth-order valence-electron chi connectivity index (χ4n) is 2.83. The Morgan fingerprint density at radius 2 is 2.15 bits per heavy atom. The standard InChI is InChI=1S/C11H16O2/c1-8-7-11(10(12)13-2)5-3-9(8)4-6-11/h9H,1,3-7H2,2H3. The van der Waals surface area contributed by atoms with Crippen molar-refractivity contribution in [3.63, 3.8) is 0 Å². The van der Waals surface area contributed by atoms with Crippen LogP contribution in [0.1, 0.15) is 32.1 Å². The average molecular weight is 180 g/mol. The molecule has 0 aliphatic heterocycles. The lowest BCUT2D eigenvalue weighted by Gasteiger charge is -2.45. The molecule has 0 aromatic heterocycles. The van der Waals surface area contributed by atoms with Gasteiger partial charge < -0.3 is 4.74 Å². The fraction of sp³-hybridized carbons (Fsp3) is 0.727. The Labute approximate surface area is 79.0 Å². The average Bonchev–Trinajstić information content (AvgIpc) is 2.18. The minimum absolute atomic E-state index is 0.0215. The van der Waals surface area contributed by atoms with Crippen LogP contribution in [0.25, 0.3) is 0 Å². The normalized spacial score (nSPS) is 37.6. The van der Waals surface area contributed by atoms with Gasteiger partial charge in [0.05, 0.1) is 12.5 Å². The summed E-state index contributed by atoms with van der Waals surface area (Å²) in [6.07, 6.45) is 5.14. The van der Waals surface area contributed by atoms with Crippen LogP contribution in [-0.4, -0.2) is 13.1 Å². The second-order valence-electron chi connectivity index (χ2n) is 4.38. The van der Waals surface area contributed by atoms with E-state index in [2.05, 4.69) is 6.58 Å². The van der Waals surface area contributed by atoms with Crippen molar-refractivity contribution in [2.75, 3.05) is 7.11 Å². The summed E-state index contributed by atoms with van der Waals surface area (Å²) in [5.74, 6) is 0.665. The van der Waals surface area contributed by atoms with E-state index in [0.29, 0.717) is 5.92 Å². The molecule has 3 aliphatic rings. The van der Waals surface area contributed by atoms with Crippen LogP contribution in [0.3, 0.4) is 0 Å². The maximum atomic E-state index is 11.6. The molecule has 3 aliphatic carbocycles. The summed E-state index contributed by atoms with van der Waals surface area (Å²) in [4.78, 5) is 11.6. The highest BCUT2D eigenvalue weighted by Gasteiger charge is 2.48. The Morgan fingerprint density at radius 3 is 2.62 bits per heavy atom. The first kappa shape index (κ1) is 8.79. The predicted molar refractivity (Wildman–Crippen MR) is 50.2 cm³/mol. The highest BCUT2D eigenvalue weighted by Crippen LogP contribution is 2.52. The van der Waals surface area contributed by atoms with Crippen LogP contribution in [0.5, 0.6) is 0 Å². The van der Waals surface area contributed by atoms with Crippen molar-refractivity contribution >= 4 is 5.97 Å². The summed E-state index contributed by atoms with van der Waals surface area (Å²) in [5, 5.41) is 0. The summed E-state index contributed by atoms with van der Waals surface area (Å²) in [7, 11) is 1.49. The monoisotopic (exact) mass is 180 g/mol. The molecule has 0 amide bonds. The second-order valence-corrected chi connectivity index (χ2v) is 4.38. The molecule has 2 nitrogen and oxygen atoms in total. The number of esters is 1. The van der Waals surface area contributed by atoms with Gasteiger partial charge in [-0.15, -0.1) is 0 Å². The van der Waals surface area contributed by atoms with Crippen molar-refractivity contribution in [2.24, 2.45) is 11.3 Å². The van der Waals surface area contributed by atoms with E-state index < -0.39 is 0 Å². The molecular weight excluding hydrogens is 164 g/mol. The van der Waals surface area contributed by atoms with Crippen molar-refractivity contribution in [1.82, 2.24) is 0 Å². The van der Waals surface area contributed by atoms with Gasteiger partial charge in [0, 0.05) is 0 Å². The molecular formula is C11H16O2. The van der Waals surface area contributed by atoms with E-state index in [9.17, 15) is 4.79 Å². The highest BCUT2D eigenvalue weighted by atomic mass is 16.5. The van der Waals surface area contributed by atoms with E-state index in [4.69, 9.17) is 4.74 Å². The van der Waals surface area contributed by atoms with E-state index >= 15 is 0 Å². The molecule has 2 heteroatoms. The third-order valence-corrected chi connectivity index (χ3v) is 3.70. The van der Waals surface area contributed by atoms with E-state index in [0.717, 1.165) is 32.1 Å². The van der Waals surface area contributed by atoms with Crippen LogP contribution in [-0.2, 0) is 9.53 Å². The van der Waals surface area contributed by atoms with E-state index in [1.54, 1.807) is 0 Å². The maximum Gasteiger partial charge on any atom is 0.312 e. The number of fused-ring (bicyclic) bond motifs is 3. The largest absolute Gasteiger partial charge is 0.469 e. The first-order chi connectivity index (χ1) is 6.18. The minimum atomic E-state index is -0.194. The predicted octanol–water partition coefficient (Wildman–Crippen LogP) is 2.30. The lowest BCUT2D eigenvalue weighted by atomic mass is 9.59. The maximum absolute atomic E-state index is 11.6. The summed E-state index contributed by atoms with van der Waals surface area (Å²) in [6.45, 7) is 4.05. The summed E-state index contributed by atoms with van der Waals surface area (Å²) in [5.41, 5.74) is 1.07. The second kappa shape index (κ2) is 2.86. The lowest BCUT2D eigenvalue weighted by molar-refractivity contribution is -0.157. The zero-order valence-corrected chi connectivity index (χ0v) is 8.14. The molecule has 0 radical (unpaired) electrons. The number of allylic oxidation sites excluding steroid dienone is 1. The molecule has 2 bridgehead atoms. The van der Waals surface area contributed by atoms with Gasteiger partial charge >= 0.3 is 5.97 Å². The molecule has 0 aromatic rings. The van der Waals surface area contributed by atoms with Gasteiger partial charge in [0.25, 0.3) is 0 Å². The Morgan fingerprint density at radius 1 is 1.54 bits per heavy atom. The van der Waals surface area contributed by atoms with Crippen LogP contribution in [0.15, 0.2) is 12.2 Å². The number of methoxy groups -OCH3 is 1. The van der Waals surface area contributed by atoms with Crippen LogP contribution in [0.4, 0.5) is 0 Å². The number of carbonyl (C=O) groups is 1. The van der Waals surface area contributed by atoms with Crippen LogP contribution in [0, 0.1) is 11.3 Å². The van der Waals surface area contributed by atoms with Gasteiger partial charge in [-0.1, -0.05) is 12.2 Å². The zero-order chi connectivity index (χ0) is 9.47. The van der Waals surface area contributed by atoms with Gasteiger partial charge in [-0.2, -0.15) is 0 Å². The van der Waals surface area contributed by atoms with Gasteiger partial charge in [-0.3, -0.25) is 4.79 Å². The minimum Gasteiger partial charge on any atom is -0.469 e. The third kappa shape index (κ3) is 1.19. The van der Waals surface area contributed by atoms with Gasteiger partial charge in [0.2, 0.25) is 0 Å². The Kier molecular flexibility index (Phi) is 1.94. The molecule has 3 saturated carbocycles. The van der Waals surface area contributed by atoms with Crippen LogP contribution in [0.2, 0.25) is 0 Å². The van der Waals surface area contributed by atoms with Crippen molar-refractivity contribution in [3.8, 4) is 0 Å². The summed E-state index contributed by atoms with van der Waals surface area (Å²) < 4.78 is 4.88. The molecule has 3 rings (SSSR count). The SMILES string of the molecule is C=C1CC2(C(=O)OC)CCC1CC2. The van der Waals surface area contributed by atoms with Gasteiger partial charge in [0.1, 0.15) is 0 Å². The molecule has 0 atom stereocenters. The van der Waals surface area contributed by atoms with Crippen molar-refractivity contribution in [3.05, 3.63) is 12.2 Å². The van der Waals surface area contributed by atoms with Gasteiger partial charge in [0.15, 0.2) is 0 Å². The Bertz CT molecular complexity index is 247. The first-order valence-electron chi connectivity index (χ1n) is 4.94. The molecule has 0 spiro atoms. The number of carbonyl (C=O) groups excluding carboxylic acids is 1. The highest BCUT2D eigenvalue weighted by molar-refractivity contribution is 5.77. The lowest BCUT2D eigenvalue weighted by Crippen LogP contribution is -2.42. The smallest absolute Gasteiger partial charge is 0.312 e. The summed E-state index contributed by atoms with van der Waals surface area (Å²) >= 11 is 0. The zero-order valence-electron chi connectivity index (χ0n) is 8.14. The number of hydrogen-bond acceptors (Lipinski definition) is 2. The van der Waals surface area contributed by atoms with E-state index in [-0.39, 0.29) is 11.4 Å². The topological polar surface area (TPSA) is 26.3 Å². The molecule has 0 N–H and O–H groups in total. The van der Waals surface area contributed by atoms with Crippen molar-refractivity contribution in [2.45, 2.75) is 32.1 Å². The van der Waals surface area contributed by atoms with E-state index in [1.807, 2.05) is 0 Å². The number of ether oxygens (including phenoxy) is 1. The quantitative estimate of drug-likeness (QED) is 0.457. The molecule has 0 saturated heterocycles. The molecule has 72 valence electrons. The molecule has 13 heavy (non-hydrogen) atoms. The third-order valence-electron chi connectivity index (χ3n) is 3.70. The van der Waals surface area contributed by atoms with Crippen molar-refractivity contribution in [1.29, 1.82) is 0 Å². The Balaban J connectivity index is 2.22. The van der Waals surface area contributed by atoms with Crippen LogP contribution < -0.4 is 0 Å². The first-order valence-corrected chi connectivity index (χ1v) is 4.94.